The molecular weight excluding hydrogens is 371 g/mol. The molecule has 4 N–H and O–H groups in total. The number of aliphatic hydroxyl groups excluding tert-OH is 1. The molecule has 0 radical (unpaired) electrons. The van der Waals surface area contributed by atoms with Crippen molar-refractivity contribution in [3.63, 3.8) is 0 Å². The van der Waals surface area contributed by atoms with Crippen LogP contribution in [0.5, 0.6) is 0 Å². The number of hydrogen-bond acceptors (Lipinski definition) is 6. The highest BCUT2D eigenvalue weighted by Crippen LogP contribution is 2.26. The topological polar surface area (TPSA) is 127 Å². The zero-order valence-corrected chi connectivity index (χ0v) is 15.4. The second-order valence-electron chi connectivity index (χ2n) is 7.17. The molecule has 0 bridgehead atoms. The molecule has 2 fully saturated rings. The lowest BCUT2D eigenvalue weighted by molar-refractivity contribution is -0.153. The SMILES string of the molecule is CN1C(=O)C(O)C(N2CCC[C@@H](N)C2)N(Cc2ccc(F)cc2C(=O)O)C1=O. The number of nitrogens with two attached hydrogens (primary N) is 1. The molecular formula is C18H23FN4O5. The molecule has 0 aliphatic carbocycles. The van der Waals surface area contributed by atoms with Crippen LogP contribution in [0.3, 0.4) is 0 Å². The predicted molar refractivity (Wildman–Crippen MR) is 95.6 cm³/mol. The summed E-state index contributed by atoms with van der Waals surface area (Å²) in [7, 11) is 1.25. The van der Waals surface area contributed by atoms with Crippen LogP contribution in [0, 0.1) is 5.82 Å². The number of carboxylic acids is 1. The molecule has 2 aliphatic rings. The minimum Gasteiger partial charge on any atom is -0.478 e. The van der Waals surface area contributed by atoms with E-state index in [0.717, 1.165) is 29.9 Å². The number of nitrogens with zero attached hydrogens (tertiary/aromatic N) is 3. The van der Waals surface area contributed by atoms with Crippen LogP contribution in [0.4, 0.5) is 9.18 Å². The zero-order valence-electron chi connectivity index (χ0n) is 15.4. The maximum Gasteiger partial charge on any atom is 0.336 e. The number of carbonyl (C=O) groups is 3. The highest BCUT2D eigenvalue weighted by atomic mass is 19.1. The number of aliphatic hydroxyl groups is 1. The summed E-state index contributed by atoms with van der Waals surface area (Å²) < 4.78 is 13.5. The van der Waals surface area contributed by atoms with Crippen molar-refractivity contribution in [3.8, 4) is 0 Å². The number of rotatable bonds is 4. The summed E-state index contributed by atoms with van der Waals surface area (Å²) in [5, 5.41) is 20.0. The van der Waals surface area contributed by atoms with E-state index in [1.165, 1.54) is 18.0 Å². The summed E-state index contributed by atoms with van der Waals surface area (Å²) in [5.74, 6) is -2.78. The monoisotopic (exact) mass is 394 g/mol. The Morgan fingerprint density at radius 1 is 1.36 bits per heavy atom. The third-order valence-corrected chi connectivity index (χ3v) is 5.22. The third-order valence-electron chi connectivity index (χ3n) is 5.22. The van der Waals surface area contributed by atoms with Crippen LogP contribution in [0.2, 0.25) is 0 Å². The van der Waals surface area contributed by atoms with Gasteiger partial charge in [-0.3, -0.25) is 14.6 Å². The predicted octanol–water partition coefficient (Wildman–Crippen LogP) is 0.0280. The van der Waals surface area contributed by atoms with Crippen LogP contribution >= 0.6 is 0 Å². The fourth-order valence-electron chi connectivity index (χ4n) is 3.80. The molecule has 3 amide bonds. The number of benzene rings is 1. The Morgan fingerprint density at radius 3 is 2.71 bits per heavy atom. The van der Waals surface area contributed by atoms with Crippen LogP contribution in [0.15, 0.2) is 18.2 Å². The van der Waals surface area contributed by atoms with Crippen LogP contribution in [0.25, 0.3) is 0 Å². The Labute approximate surface area is 161 Å². The van der Waals surface area contributed by atoms with E-state index in [0.29, 0.717) is 13.1 Å². The maximum atomic E-state index is 13.5. The molecule has 1 aromatic carbocycles. The van der Waals surface area contributed by atoms with E-state index in [2.05, 4.69) is 0 Å². The molecule has 3 rings (SSSR count). The van der Waals surface area contributed by atoms with E-state index < -0.39 is 36.0 Å². The lowest BCUT2D eigenvalue weighted by Crippen LogP contribution is -2.69. The van der Waals surface area contributed by atoms with Gasteiger partial charge in [-0.25, -0.2) is 14.0 Å². The number of urea groups is 1. The van der Waals surface area contributed by atoms with Crippen molar-refractivity contribution in [1.29, 1.82) is 0 Å². The Morgan fingerprint density at radius 2 is 2.07 bits per heavy atom. The van der Waals surface area contributed by atoms with Gasteiger partial charge in [0, 0.05) is 32.7 Å². The fourth-order valence-corrected chi connectivity index (χ4v) is 3.80. The molecule has 1 aromatic rings. The number of piperidine rings is 1. The molecule has 2 heterocycles. The smallest absolute Gasteiger partial charge is 0.336 e. The standard InChI is InChI=1S/C18H23FN4O5/c1-21-16(25)14(24)15(22-6-2-3-12(20)9-22)23(18(21)28)8-10-4-5-11(19)7-13(10)17(26)27/h4-5,7,12,14-15,24H,2-3,6,8-9,20H2,1H3,(H,26,27)/t12-,14?,15?/m1/s1. The number of carbonyl (C=O) groups excluding carboxylic acids is 2. The molecule has 2 saturated heterocycles. The second-order valence-corrected chi connectivity index (χ2v) is 7.17. The number of likely N-dealkylation sites (N-methyl/N-ethyl adjacent to an activating group) is 1. The van der Waals surface area contributed by atoms with Gasteiger partial charge in [-0.2, -0.15) is 0 Å². The molecule has 28 heavy (non-hydrogen) atoms. The molecule has 0 spiro atoms. The van der Waals surface area contributed by atoms with Gasteiger partial charge in [0.05, 0.1) is 5.56 Å². The number of amides is 3. The number of likely N-dealkylation sites (tertiary alicyclic amines) is 1. The van der Waals surface area contributed by atoms with Crippen molar-refractivity contribution in [2.24, 2.45) is 5.73 Å². The summed E-state index contributed by atoms with van der Waals surface area (Å²) >= 11 is 0. The van der Waals surface area contributed by atoms with Crippen LogP contribution in [-0.2, 0) is 11.3 Å². The summed E-state index contributed by atoms with van der Waals surface area (Å²) in [6, 6.07) is 2.44. The van der Waals surface area contributed by atoms with Gasteiger partial charge >= 0.3 is 12.0 Å². The van der Waals surface area contributed by atoms with Crippen molar-refractivity contribution >= 4 is 17.9 Å². The van der Waals surface area contributed by atoms with Gasteiger partial charge in [0.15, 0.2) is 6.10 Å². The third kappa shape index (κ3) is 3.71. The normalized spacial score (nSPS) is 26.6. The van der Waals surface area contributed by atoms with Crippen molar-refractivity contribution in [2.45, 2.75) is 37.7 Å². The average Bonchev–Trinajstić information content (AvgIpc) is 2.65. The van der Waals surface area contributed by atoms with Crippen LogP contribution in [0.1, 0.15) is 28.8 Å². The first-order chi connectivity index (χ1) is 13.2. The molecule has 152 valence electrons. The number of imide groups is 1. The van der Waals surface area contributed by atoms with Gasteiger partial charge in [-0.15, -0.1) is 0 Å². The Bertz CT molecular complexity index is 804. The number of halogens is 1. The van der Waals surface area contributed by atoms with Gasteiger partial charge < -0.3 is 20.8 Å². The summed E-state index contributed by atoms with van der Waals surface area (Å²) in [6.07, 6.45) is -0.939. The minimum absolute atomic E-state index is 0.159. The number of carboxylic acid groups (broad SMARTS) is 1. The van der Waals surface area contributed by atoms with Crippen LogP contribution in [-0.4, -0.2) is 81.3 Å². The lowest BCUT2D eigenvalue weighted by Gasteiger charge is -2.48. The van der Waals surface area contributed by atoms with E-state index in [-0.39, 0.29) is 23.7 Å². The van der Waals surface area contributed by atoms with E-state index in [1.807, 2.05) is 0 Å². The van der Waals surface area contributed by atoms with Crippen molar-refractivity contribution < 1.29 is 29.0 Å². The first-order valence-electron chi connectivity index (χ1n) is 8.98. The van der Waals surface area contributed by atoms with Crippen molar-refractivity contribution in [3.05, 3.63) is 35.1 Å². The van der Waals surface area contributed by atoms with Crippen LogP contribution < -0.4 is 5.73 Å². The summed E-state index contributed by atoms with van der Waals surface area (Å²) in [4.78, 5) is 40.4. The van der Waals surface area contributed by atoms with Gasteiger partial charge in [0.25, 0.3) is 5.91 Å². The molecule has 0 saturated carbocycles. The first kappa shape index (κ1) is 20.2. The summed E-state index contributed by atoms with van der Waals surface area (Å²) in [6.45, 7) is 0.717. The summed E-state index contributed by atoms with van der Waals surface area (Å²) in [5.41, 5.74) is 5.93. The number of hydrogen-bond donors (Lipinski definition) is 3. The molecule has 10 heteroatoms. The van der Waals surface area contributed by atoms with Gasteiger partial charge in [0.1, 0.15) is 12.0 Å². The fraction of sp³-hybridized carbons (Fsp3) is 0.500. The van der Waals surface area contributed by atoms with E-state index in [4.69, 9.17) is 5.73 Å². The van der Waals surface area contributed by atoms with E-state index >= 15 is 0 Å². The highest BCUT2D eigenvalue weighted by Gasteiger charge is 2.47. The Hall–Kier alpha value is -2.56. The molecule has 9 nitrogen and oxygen atoms in total. The largest absolute Gasteiger partial charge is 0.478 e. The quantitative estimate of drug-likeness (QED) is 0.657. The van der Waals surface area contributed by atoms with E-state index in [9.17, 15) is 29.0 Å². The van der Waals surface area contributed by atoms with Crippen molar-refractivity contribution in [1.82, 2.24) is 14.7 Å². The first-order valence-corrected chi connectivity index (χ1v) is 8.98. The van der Waals surface area contributed by atoms with Crippen molar-refractivity contribution in [2.75, 3.05) is 20.1 Å². The van der Waals surface area contributed by atoms with Gasteiger partial charge in [-0.05, 0) is 30.5 Å². The average molecular weight is 394 g/mol. The zero-order chi connectivity index (χ0) is 20.6. The highest BCUT2D eigenvalue weighted by molar-refractivity contribution is 5.99. The van der Waals surface area contributed by atoms with Gasteiger partial charge in [-0.1, -0.05) is 6.07 Å². The second kappa shape index (κ2) is 7.82. The lowest BCUT2D eigenvalue weighted by atomic mass is 10.0. The van der Waals surface area contributed by atoms with E-state index in [1.54, 1.807) is 4.90 Å². The molecule has 2 unspecified atom stereocenters. The molecule has 3 atom stereocenters. The molecule has 2 aliphatic heterocycles. The number of aromatic carboxylic acids is 1. The maximum absolute atomic E-state index is 13.5. The van der Waals surface area contributed by atoms with Gasteiger partial charge in [0.2, 0.25) is 0 Å². The Kier molecular flexibility index (Phi) is 5.64. The molecule has 0 aromatic heterocycles. The minimum atomic E-state index is -1.50. The Balaban J connectivity index is 1.98.